The highest BCUT2D eigenvalue weighted by Gasteiger charge is 2.36. The summed E-state index contributed by atoms with van der Waals surface area (Å²) in [7, 11) is 0. The molecule has 3 aromatic rings. The molecule has 1 fully saturated rings. The van der Waals surface area contributed by atoms with Gasteiger partial charge in [0.25, 0.3) is 17.7 Å². The summed E-state index contributed by atoms with van der Waals surface area (Å²) >= 11 is 12.6. The van der Waals surface area contributed by atoms with Gasteiger partial charge in [-0.15, -0.1) is 0 Å². The van der Waals surface area contributed by atoms with Crippen molar-refractivity contribution < 1.29 is 28.3 Å². The van der Waals surface area contributed by atoms with Crippen molar-refractivity contribution in [2.75, 3.05) is 16.8 Å². The fourth-order valence-electron chi connectivity index (χ4n) is 3.60. The van der Waals surface area contributed by atoms with Gasteiger partial charge >= 0.3 is 6.03 Å². The summed E-state index contributed by atoms with van der Waals surface area (Å²) in [5, 5.41) is 4.85. The standard InChI is InChI=1S/C27H20Cl2FN3O5/c1-14-3-6-18(9-15(14)2)31-23(34)13-38-24-21(28)11-16(12-22(24)29)10-20-25(35)32-27(37)33(26(20)36)19-7-4-17(30)5-8-19/h3-12H,13H2,1-2H3,(H,31,34)(H,32,35,37)/b20-10+. The van der Waals surface area contributed by atoms with Crippen molar-refractivity contribution in [3.63, 3.8) is 0 Å². The number of imide groups is 2. The van der Waals surface area contributed by atoms with Gasteiger partial charge in [0.05, 0.1) is 15.7 Å². The van der Waals surface area contributed by atoms with Crippen molar-refractivity contribution in [1.29, 1.82) is 0 Å². The van der Waals surface area contributed by atoms with Crippen LogP contribution in [0.1, 0.15) is 16.7 Å². The highest BCUT2D eigenvalue weighted by Crippen LogP contribution is 2.35. The minimum absolute atomic E-state index is 0.0264. The Bertz CT molecular complexity index is 1480. The van der Waals surface area contributed by atoms with E-state index in [1.165, 1.54) is 30.3 Å². The number of anilines is 2. The van der Waals surface area contributed by atoms with E-state index in [1.807, 2.05) is 26.0 Å². The molecular weight excluding hydrogens is 536 g/mol. The van der Waals surface area contributed by atoms with E-state index in [2.05, 4.69) is 10.6 Å². The lowest BCUT2D eigenvalue weighted by molar-refractivity contribution is -0.122. The smallest absolute Gasteiger partial charge is 0.335 e. The number of nitrogens with one attached hydrogen (secondary N) is 2. The zero-order valence-electron chi connectivity index (χ0n) is 20.1. The van der Waals surface area contributed by atoms with Crippen molar-refractivity contribution in [2.24, 2.45) is 0 Å². The van der Waals surface area contributed by atoms with Crippen LogP contribution in [0.3, 0.4) is 0 Å². The van der Waals surface area contributed by atoms with E-state index in [4.69, 9.17) is 27.9 Å². The molecule has 194 valence electrons. The SMILES string of the molecule is Cc1ccc(NC(=O)COc2c(Cl)cc(/C=C3\C(=O)NC(=O)N(c4ccc(F)cc4)C3=O)cc2Cl)cc1C. The molecule has 11 heteroatoms. The van der Waals surface area contributed by atoms with E-state index >= 15 is 0 Å². The Balaban J connectivity index is 1.51. The minimum atomic E-state index is -0.970. The van der Waals surface area contributed by atoms with Gasteiger partial charge in [0, 0.05) is 5.69 Å². The number of benzene rings is 3. The molecule has 0 radical (unpaired) electrons. The molecule has 0 unspecified atom stereocenters. The molecule has 38 heavy (non-hydrogen) atoms. The van der Waals surface area contributed by atoms with Crippen LogP contribution in [0.5, 0.6) is 5.75 Å². The first kappa shape index (κ1) is 26.8. The predicted molar refractivity (Wildman–Crippen MR) is 142 cm³/mol. The molecule has 0 aromatic heterocycles. The van der Waals surface area contributed by atoms with Crippen molar-refractivity contribution in [3.8, 4) is 5.75 Å². The fraction of sp³-hybridized carbons (Fsp3) is 0.111. The van der Waals surface area contributed by atoms with Crippen LogP contribution in [-0.2, 0) is 14.4 Å². The van der Waals surface area contributed by atoms with Crippen LogP contribution in [0.4, 0.5) is 20.6 Å². The van der Waals surface area contributed by atoms with Crippen LogP contribution < -0.4 is 20.3 Å². The van der Waals surface area contributed by atoms with Crippen molar-refractivity contribution in [2.45, 2.75) is 13.8 Å². The molecule has 0 aliphatic carbocycles. The summed E-state index contributed by atoms with van der Waals surface area (Å²) in [6.07, 6.45) is 1.20. The van der Waals surface area contributed by atoms with Crippen LogP contribution in [0.2, 0.25) is 10.0 Å². The van der Waals surface area contributed by atoms with Gasteiger partial charge < -0.3 is 10.1 Å². The normalized spacial score (nSPS) is 14.5. The average Bonchev–Trinajstić information content (AvgIpc) is 2.84. The number of nitrogens with zero attached hydrogens (tertiary/aromatic N) is 1. The van der Waals surface area contributed by atoms with Gasteiger partial charge in [-0.3, -0.25) is 19.7 Å². The van der Waals surface area contributed by atoms with Crippen LogP contribution in [-0.4, -0.2) is 30.4 Å². The third kappa shape index (κ3) is 5.85. The number of ether oxygens (including phenoxy) is 1. The largest absolute Gasteiger partial charge is 0.481 e. The average molecular weight is 556 g/mol. The van der Waals surface area contributed by atoms with Crippen LogP contribution >= 0.6 is 23.2 Å². The van der Waals surface area contributed by atoms with Crippen molar-refractivity contribution >= 4 is 64.4 Å². The van der Waals surface area contributed by atoms with Crippen LogP contribution in [0.25, 0.3) is 6.08 Å². The third-order valence-corrected chi connectivity index (χ3v) is 6.22. The summed E-state index contributed by atoms with van der Waals surface area (Å²) in [6.45, 7) is 3.52. The predicted octanol–water partition coefficient (Wildman–Crippen LogP) is 5.43. The Morgan fingerprint density at radius 3 is 2.29 bits per heavy atom. The zero-order valence-corrected chi connectivity index (χ0v) is 21.6. The van der Waals surface area contributed by atoms with Crippen molar-refractivity contribution in [3.05, 3.63) is 92.7 Å². The number of halogens is 3. The van der Waals surface area contributed by atoms with E-state index in [9.17, 15) is 23.6 Å². The molecule has 1 saturated heterocycles. The molecule has 0 spiro atoms. The van der Waals surface area contributed by atoms with Gasteiger partial charge in [0.1, 0.15) is 11.4 Å². The number of amides is 5. The molecule has 4 rings (SSSR count). The number of carbonyl (C=O) groups excluding carboxylic acids is 4. The van der Waals surface area contributed by atoms with Gasteiger partial charge in [0.2, 0.25) is 0 Å². The van der Waals surface area contributed by atoms with Gasteiger partial charge in [-0.05, 0) is 85.1 Å². The molecule has 8 nitrogen and oxygen atoms in total. The third-order valence-electron chi connectivity index (χ3n) is 5.66. The lowest BCUT2D eigenvalue weighted by Crippen LogP contribution is -2.54. The summed E-state index contributed by atoms with van der Waals surface area (Å²) < 4.78 is 18.8. The quantitative estimate of drug-likeness (QED) is 0.311. The molecule has 1 aliphatic rings. The number of aryl methyl sites for hydroxylation is 2. The van der Waals surface area contributed by atoms with Crippen molar-refractivity contribution in [1.82, 2.24) is 5.32 Å². The molecule has 1 aliphatic heterocycles. The first-order valence-corrected chi connectivity index (χ1v) is 11.9. The van der Waals surface area contributed by atoms with Gasteiger partial charge in [0.15, 0.2) is 12.4 Å². The summed E-state index contributed by atoms with van der Waals surface area (Å²) in [4.78, 5) is 50.7. The van der Waals surface area contributed by atoms with E-state index in [0.717, 1.165) is 23.3 Å². The fourth-order valence-corrected chi connectivity index (χ4v) is 4.22. The molecule has 2 N–H and O–H groups in total. The Labute approximate surface area is 227 Å². The van der Waals surface area contributed by atoms with E-state index < -0.39 is 29.6 Å². The number of hydrogen-bond donors (Lipinski definition) is 2. The molecule has 5 amide bonds. The maximum Gasteiger partial charge on any atom is 0.335 e. The van der Waals surface area contributed by atoms with Gasteiger partial charge in [-0.25, -0.2) is 14.1 Å². The second kappa shape index (κ2) is 11.0. The summed E-state index contributed by atoms with van der Waals surface area (Å²) in [5.74, 6) is -2.79. The monoisotopic (exact) mass is 555 g/mol. The highest BCUT2D eigenvalue weighted by molar-refractivity contribution is 6.40. The molecular formula is C27H20Cl2FN3O5. The first-order valence-electron chi connectivity index (χ1n) is 11.2. The number of carbonyl (C=O) groups is 4. The Kier molecular flexibility index (Phi) is 7.80. The Morgan fingerprint density at radius 1 is 1.00 bits per heavy atom. The molecule has 0 bridgehead atoms. The second-order valence-electron chi connectivity index (χ2n) is 8.38. The number of rotatable bonds is 6. The van der Waals surface area contributed by atoms with Crippen LogP contribution in [0.15, 0.2) is 60.2 Å². The summed E-state index contributed by atoms with van der Waals surface area (Å²) in [5.41, 5.74) is 2.70. The Hall–Kier alpha value is -4.21. The van der Waals surface area contributed by atoms with Gasteiger partial charge in [-0.1, -0.05) is 29.3 Å². The molecule has 0 atom stereocenters. The molecule has 3 aromatic carbocycles. The van der Waals surface area contributed by atoms with Crippen LogP contribution in [0, 0.1) is 19.7 Å². The number of hydrogen-bond acceptors (Lipinski definition) is 5. The first-order chi connectivity index (χ1) is 18.0. The molecule has 0 saturated carbocycles. The highest BCUT2D eigenvalue weighted by atomic mass is 35.5. The van der Waals surface area contributed by atoms with E-state index in [1.54, 1.807) is 6.07 Å². The molecule has 1 heterocycles. The maximum absolute atomic E-state index is 13.3. The topological polar surface area (TPSA) is 105 Å². The number of barbiturate groups is 1. The lowest BCUT2D eigenvalue weighted by Gasteiger charge is -2.26. The minimum Gasteiger partial charge on any atom is -0.481 e. The Morgan fingerprint density at radius 2 is 1.66 bits per heavy atom. The maximum atomic E-state index is 13.3. The van der Waals surface area contributed by atoms with Gasteiger partial charge in [-0.2, -0.15) is 0 Å². The summed E-state index contributed by atoms with van der Waals surface area (Å²) in [6, 6.07) is 11.9. The number of urea groups is 1. The van der Waals surface area contributed by atoms with E-state index in [0.29, 0.717) is 10.6 Å². The second-order valence-corrected chi connectivity index (χ2v) is 9.20. The lowest BCUT2D eigenvalue weighted by atomic mass is 10.1. The zero-order chi connectivity index (χ0) is 27.6. The van der Waals surface area contributed by atoms with E-state index in [-0.39, 0.29) is 39.2 Å².